The first-order valence-electron chi connectivity index (χ1n) is 5.98. The van der Waals surface area contributed by atoms with Crippen molar-refractivity contribution in [2.24, 2.45) is 0 Å². The standard InChI is InChI=1S/C13H17BrN4/c1-9(2)15-7-11-8-18(17-16-11)13-6-4-5-12(14)10(13)3/h4-6,8-9,15H,7H2,1-3H3. The number of halogens is 1. The molecule has 2 aromatic rings. The van der Waals surface area contributed by atoms with Gasteiger partial charge in [-0.05, 0) is 24.6 Å². The van der Waals surface area contributed by atoms with Crippen LogP contribution in [0, 0.1) is 6.92 Å². The van der Waals surface area contributed by atoms with Gasteiger partial charge in [0.05, 0.1) is 17.6 Å². The average molecular weight is 309 g/mol. The minimum Gasteiger partial charge on any atom is -0.309 e. The summed E-state index contributed by atoms with van der Waals surface area (Å²) in [6.45, 7) is 7.03. The maximum atomic E-state index is 4.17. The van der Waals surface area contributed by atoms with E-state index in [0.29, 0.717) is 6.04 Å². The predicted octanol–water partition coefficient (Wildman–Crippen LogP) is 2.84. The second kappa shape index (κ2) is 5.63. The van der Waals surface area contributed by atoms with Gasteiger partial charge in [-0.25, -0.2) is 4.68 Å². The van der Waals surface area contributed by atoms with Gasteiger partial charge in [-0.15, -0.1) is 5.10 Å². The molecule has 1 heterocycles. The van der Waals surface area contributed by atoms with Gasteiger partial charge >= 0.3 is 0 Å². The molecule has 1 aromatic carbocycles. The Morgan fingerprint density at radius 1 is 1.39 bits per heavy atom. The number of nitrogens with one attached hydrogen (secondary N) is 1. The molecule has 1 N–H and O–H groups in total. The van der Waals surface area contributed by atoms with Crippen LogP contribution < -0.4 is 5.32 Å². The van der Waals surface area contributed by atoms with Gasteiger partial charge in [-0.3, -0.25) is 0 Å². The van der Waals surface area contributed by atoms with E-state index in [1.807, 2.05) is 29.1 Å². The monoisotopic (exact) mass is 308 g/mol. The van der Waals surface area contributed by atoms with Crippen LogP contribution in [0.1, 0.15) is 25.1 Å². The number of nitrogens with zero attached hydrogens (tertiary/aromatic N) is 3. The van der Waals surface area contributed by atoms with E-state index in [1.165, 1.54) is 0 Å². The highest BCUT2D eigenvalue weighted by Gasteiger charge is 2.07. The molecular formula is C13H17BrN4. The summed E-state index contributed by atoms with van der Waals surface area (Å²) in [5.74, 6) is 0. The molecule has 18 heavy (non-hydrogen) atoms. The molecule has 0 fully saturated rings. The smallest absolute Gasteiger partial charge is 0.0969 e. The van der Waals surface area contributed by atoms with Crippen molar-refractivity contribution in [3.63, 3.8) is 0 Å². The first-order chi connectivity index (χ1) is 8.58. The van der Waals surface area contributed by atoms with Crippen LogP contribution in [0.5, 0.6) is 0 Å². The lowest BCUT2D eigenvalue weighted by Crippen LogP contribution is -2.21. The van der Waals surface area contributed by atoms with Crippen molar-refractivity contribution in [2.75, 3.05) is 0 Å². The van der Waals surface area contributed by atoms with Crippen LogP contribution in [-0.2, 0) is 6.54 Å². The molecule has 0 bridgehead atoms. The SMILES string of the molecule is Cc1c(Br)cccc1-n1cc(CNC(C)C)nn1. The van der Waals surface area contributed by atoms with E-state index < -0.39 is 0 Å². The summed E-state index contributed by atoms with van der Waals surface area (Å²) < 4.78 is 2.90. The first kappa shape index (κ1) is 13.2. The van der Waals surface area contributed by atoms with Crippen molar-refractivity contribution in [3.05, 3.63) is 40.1 Å². The third-order valence-corrected chi connectivity index (χ3v) is 3.58. The molecule has 0 saturated heterocycles. The highest BCUT2D eigenvalue weighted by atomic mass is 79.9. The van der Waals surface area contributed by atoms with E-state index in [4.69, 9.17) is 0 Å². The third-order valence-electron chi connectivity index (χ3n) is 2.72. The molecule has 0 spiro atoms. The quantitative estimate of drug-likeness (QED) is 0.944. The lowest BCUT2D eigenvalue weighted by molar-refractivity contribution is 0.580. The molecule has 0 amide bonds. The van der Waals surface area contributed by atoms with Crippen molar-refractivity contribution < 1.29 is 0 Å². The average Bonchev–Trinajstić information content (AvgIpc) is 2.78. The van der Waals surface area contributed by atoms with Crippen LogP contribution in [-0.4, -0.2) is 21.0 Å². The topological polar surface area (TPSA) is 42.7 Å². The van der Waals surface area contributed by atoms with E-state index in [2.05, 4.69) is 52.3 Å². The van der Waals surface area contributed by atoms with Gasteiger partial charge in [0, 0.05) is 17.1 Å². The number of hydrogen-bond acceptors (Lipinski definition) is 3. The second-order valence-electron chi connectivity index (χ2n) is 4.57. The van der Waals surface area contributed by atoms with Gasteiger partial charge in [-0.2, -0.15) is 0 Å². The first-order valence-corrected chi connectivity index (χ1v) is 6.77. The van der Waals surface area contributed by atoms with Gasteiger partial charge in [0.15, 0.2) is 0 Å². The summed E-state index contributed by atoms with van der Waals surface area (Å²) in [7, 11) is 0. The molecule has 4 nitrogen and oxygen atoms in total. The maximum absolute atomic E-state index is 4.17. The van der Waals surface area contributed by atoms with E-state index in [1.54, 1.807) is 0 Å². The van der Waals surface area contributed by atoms with Crippen molar-refractivity contribution in [1.29, 1.82) is 0 Å². The number of benzene rings is 1. The predicted molar refractivity (Wildman–Crippen MR) is 75.8 cm³/mol. The summed E-state index contributed by atoms with van der Waals surface area (Å²) in [5.41, 5.74) is 3.15. The van der Waals surface area contributed by atoms with Crippen molar-refractivity contribution in [1.82, 2.24) is 20.3 Å². The van der Waals surface area contributed by atoms with Crippen LogP contribution in [0.4, 0.5) is 0 Å². The van der Waals surface area contributed by atoms with Crippen molar-refractivity contribution in [3.8, 4) is 5.69 Å². The number of aromatic nitrogens is 3. The van der Waals surface area contributed by atoms with Gasteiger partial charge in [0.25, 0.3) is 0 Å². The van der Waals surface area contributed by atoms with Crippen molar-refractivity contribution >= 4 is 15.9 Å². The lowest BCUT2D eigenvalue weighted by Gasteiger charge is -2.06. The molecule has 0 aliphatic carbocycles. The molecule has 0 radical (unpaired) electrons. The highest BCUT2D eigenvalue weighted by Crippen LogP contribution is 2.21. The van der Waals surface area contributed by atoms with Crippen LogP contribution in [0.3, 0.4) is 0 Å². The summed E-state index contributed by atoms with van der Waals surface area (Å²) in [4.78, 5) is 0. The van der Waals surface area contributed by atoms with E-state index >= 15 is 0 Å². The minimum absolute atomic E-state index is 0.447. The summed E-state index contributed by atoms with van der Waals surface area (Å²) in [5, 5.41) is 11.7. The number of rotatable bonds is 4. The molecule has 2 rings (SSSR count). The van der Waals surface area contributed by atoms with Crippen LogP contribution in [0.2, 0.25) is 0 Å². The van der Waals surface area contributed by atoms with Crippen LogP contribution in [0.25, 0.3) is 5.69 Å². The fraction of sp³-hybridized carbons (Fsp3) is 0.385. The van der Waals surface area contributed by atoms with E-state index in [9.17, 15) is 0 Å². The summed E-state index contributed by atoms with van der Waals surface area (Å²) in [6, 6.07) is 6.51. The highest BCUT2D eigenvalue weighted by molar-refractivity contribution is 9.10. The zero-order chi connectivity index (χ0) is 13.1. The molecule has 1 aromatic heterocycles. The Morgan fingerprint density at radius 2 is 2.17 bits per heavy atom. The molecular weight excluding hydrogens is 292 g/mol. The zero-order valence-corrected chi connectivity index (χ0v) is 12.4. The molecule has 0 atom stereocenters. The van der Waals surface area contributed by atoms with Gasteiger partial charge in [0.2, 0.25) is 0 Å². The van der Waals surface area contributed by atoms with E-state index in [0.717, 1.165) is 28.0 Å². The fourth-order valence-electron chi connectivity index (χ4n) is 1.65. The molecule has 96 valence electrons. The maximum Gasteiger partial charge on any atom is 0.0969 e. The van der Waals surface area contributed by atoms with Crippen molar-refractivity contribution in [2.45, 2.75) is 33.4 Å². The lowest BCUT2D eigenvalue weighted by atomic mass is 10.2. The van der Waals surface area contributed by atoms with Crippen LogP contribution in [0.15, 0.2) is 28.9 Å². The Balaban J connectivity index is 2.21. The second-order valence-corrected chi connectivity index (χ2v) is 5.43. The van der Waals surface area contributed by atoms with E-state index in [-0.39, 0.29) is 0 Å². The third kappa shape index (κ3) is 2.97. The molecule has 0 aliphatic heterocycles. The normalized spacial score (nSPS) is 11.2. The number of hydrogen-bond donors (Lipinski definition) is 1. The Morgan fingerprint density at radius 3 is 2.89 bits per heavy atom. The Bertz CT molecular complexity index is 534. The Labute approximate surface area is 116 Å². The zero-order valence-electron chi connectivity index (χ0n) is 10.8. The fourth-order valence-corrected chi connectivity index (χ4v) is 2.01. The van der Waals surface area contributed by atoms with Gasteiger partial charge in [0.1, 0.15) is 0 Å². The minimum atomic E-state index is 0.447. The Hall–Kier alpha value is -1.20. The van der Waals surface area contributed by atoms with Crippen LogP contribution >= 0.6 is 15.9 Å². The van der Waals surface area contributed by atoms with Gasteiger partial charge in [-0.1, -0.05) is 41.1 Å². The largest absolute Gasteiger partial charge is 0.309 e. The molecule has 5 heteroatoms. The summed E-state index contributed by atoms with van der Waals surface area (Å²) in [6.07, 6.45) is 1.96. The Kier molecular flexibility index (Phi) is 4.14. The molecule has 0 unspecified atom stereocenters. The molecule has 0 aliphatic rings. The molecule has 0 saturated carbocycles. The van der Waals surface area contributed by atoms with Gasteiger partial charge < -0.3 is 5.32 Å². The summed E-state index contributed by atoms with van der Waals surface area (Å²) >= 11 is 3.53.